The predicted octanol–water partition coefficient (Wildman–Crippen LogP) is 2.80. The summed E-state index contributed by atoms with van der Waals surface area (Å²) in [5.74, 6) is 0.919. The highest BCUT2D eigenvalue weighted by atomic mass is 32.2. The van der Waals surface area contributed by atoms with E-state index in [1.807, 2.05) is 0 Å². The lowest BCUT2D eigenvalue weighted by atomic mass is 10.2. The number of nitro groups is 1. The largest absolute Gasteiger partial charge is 0.378 e. The Morgan fingerprint density at radius 3 is 2.70 bits per heavy atom. The molecule has 1 aliphatic heterocycles. The molecule has 0 bridgehead atoms. The van der Waals surface area contributed by atoms with Crippen LogP contribution in [0.5, 0.6) is 0 Å². The summed E-state index contributed by atoms with van der Waals surface area (Å²) in [7, 11) is 0. The Morgan fingerprint density at radius 2 is 2.03 bits per heavy atom. The second-order valence-corrected chi connectivity index (χ2v) is 8.75. The molecule has 1 saturated heterocycles. The van der Waals surface area contributed by atoms with Gasteiger partial charge in [-0.1, -0.05) is 31.7 Å². The highest BCUT2D eigenvalue weighted by Gasteiger charge is 2.24. The van der Waals surface area contributed by atoms with Crippen molar-refractivity contribution in [3.8, 4) is 0 Å². The van der Waals surface area contributed by atoms with E-state index in [4.69, 9.17) is 4.74 Å². The number of carbonyl (C=O) groups is 1. The molecule has 1 N–H and O–H groups in total. The van der Waals surface area contributed by atoms with Crippen LogP contribution in [0.4, 0.5) is 17.3 Å². The van der Waals surface area contributed by atoms with Gasteiger partial charge in [-0.05, 0) is 18.9 Å². The topological polar surface area (TPSA) is 115 Å². The number of ether oxygens (including phenoxy) is 1. The van der Waals surface area contributed by atoms with Crippen LogP contribution >= 0.6 is 11.8 Å². The second kappa shape index (κ2) is 9.90. The molecule has 1 amide bonds. The molecule has 1 aliphatic rings. The number of nitrogens with one attached hydrogen (secondary N) is 1. The maximum Gasteiger partial charge on any atom is 0.271 e. The molecule has 0 spiro atoms. The van der Waals surface area contributed by atoms with E-state index in [0.717, 1.165) is 25.6 Å². The molecule has 0 aliphatic carbocycles. The molecule has 0 radical (unpaired) electrons. The lowest BCUT2D eigenvalue weighted by Crippen LogP contribution is -2.38. The first kappa shape index (κ1) is 22.0. The minimum absolute atomic E-state index is 0.0695. The van der Waals surface area contributed by atoms with Crippen LogP contribution in [0.15, 0.2) is 29.4 Å². The van der Waals surface area contributed by atoms with Gasteiger partial charge in [-0.2, -0.15) is 0 Å². The highest BCUT2D eigenvalue weighted by molar-refractivity contribution is 8.00. The molecule has 1 aromatic heterocycles. The van der Waals surface area contributed by atoms with Gasteiger partial charge < -0.3 is 15.0 Å². The summed E-state index contributed by atoms with van der Waals surface area (Å²) in [5, 5.41) is 22.6. The fourth-order valence-electron chi connectivity index (χ4n) is 3.04. The Kier molecular flexibility index (Phi) is 7.27. The number of thioether (sulfide) groups is 1. The molecule has 1 aromatic carbocycles. The molecule has 1 unspecified atom stereocenters. The van der Waals surface area contributed by atoms with Crippen LogP contribution in [0.1, 0.15) is 20.8 Å². The SMILES string of the molecule is CC(C)Cn1c(SC(C)C(=O)Nc2cccc([N+](=O)[O-])c2)nnc1N1CCOCC1. The average Bonchev–Trinajstić information content (AvgIpc) is 3.10. The van der Waals surface area contributed by atoms with Gasteiger partial charge in [0.1, 0.15) is 0 Å². The maximum absolute atomic E-state index is 12.7. The molecule has 30 heavy (non-hydrogen) atoms. The third-order valence-electron chi connectivity index (χ3n) is 4.51. The van der Waals surface area contributed by atoms with Gasteiger partial charge in [0.2, 0.25) is 11.9 Å². The number of nitro benzene ring substituents is 1. The van der Waals surface area contributed by atoms with Gasteiger partial charge in [-0.25, -0.2) is 0 Å². The van der Waals surface area contributed by atoms with E-state index >= 15 is 0 Å². The summed E-state index contributed by atoms with van der Waals surface area (Å²) in [4.78, 5) is 25.2. The zero-order valence-electron chi connectivity index (χ0n) is 17.3. The molecule has 3 rings (SSSR count). The number of hydrogen-bond acceptors (Lipinski definition) is 8. The van der Waals surface area contributed by atoms with E-state index in [2.05, 4.69) is 38.8 Å². The van der Waals surface area contributed by atoms with Crippen molar-refractivity contribution in [3.63, 3.8) is 0 Å². The third-order valence-corrected chi connectivity index (χ3v) is 5.60. The molecular formula is C19H26N6O4S. The second-order valence-electron chi connectivity index (χ2n) is 7.44. The zero-order valence-corrected chi connectivity index (χ0v) is 18.1. The van der Waals surface area contributed by atoms with Crippen molar-refractivity contribution < 1.29 is 14.5 Å². The number of carbonyl (C=O) groups excluding carboxylic acids is 1. The Morgan fingerprint density at radius 1 is 1.30 bits per heavy atom. The van der Waals surface area contributed by atoms with E-state index < -0.39 is 10.2 Å². The molecule has 1 atom stereocenters. The lowest BCUT2D eigenvalue weighted by molar-refractivity contribution is -0.384. The van der Waals surface area contributed by atoms with Crippen LogP contribution in [0, 0.1) is 16.0 Å². The summed E-state index contributed by atoms with van der Waals surface area (Å²) in [5.41, 5.74) is 0.319. The summed E-state index contributed by atoms with van der Waals surface area (Å²) in [6, 6.07) is 5.89. The molecule has 0 saturated carbocycles. The Bertz CT molecular complexity index is 897. The molecule has 10 nitrogen and oxygen atoms in total. The van der Waals surface area contributed by atoms with Crippen molar-refractivity contribution in [2.45, 2.75) is 37.7 Å². The molecular weight excluding hydrogens is 408 g/mol. The first-order valence-corrected chi connectivity index (χ1v) is 10.7. The van der Waals surface area contributed by atoms with E-state index in [0.29, 0.717) is 30.0 Å². The van der Waals surface area contributed by atoms with E-state index in [9.17, 15) is 14.9 Å². The minimum Gasteiger partial charge on any atom is -0.378 e. The standard InChI is InChI=1S/C19H26N6O4S/c1-13(2)12-24-18(23-7-9-29-10-8-23)21-22-19(24)30-14(3)17(26)20-15-5-4-6-16(11-15)25(27)28/h4-6,11,13-14H,7-10,12H2,1-3H3,(H,20,26). The highest BCUT2D eigenvalue weighted by Crippen LogP contribution is 2.28. The number of benzene rings is 1. The Balaban J connectivity index is 1.72. The minimum atomic E-state index is -0.491. The lowest BCUT2D eigenvalue weighted by Gasteiger charge is -2.28. The quantitative estimate of drug-likeness (QED) is 0.383. The van der Waals surface area contributed by atoms with Crippen molar-refractivity contribution in [2.24, 2.45) is 5.92 Å². The van der Waals surface area contributed by atoms with E-state index in [-0.39, 0.29) is 11.6 Å². The molecule has 1 fully saturated rings. The van der Waals surface area contributed by atoms with Gasteiger partial charge in [0.05, 0.1) is 23.4 Å². The van der Waals surface area contributed by atoms with Gasteiger partial charge in [-0.3, -0.25) is 19.5 Å². The number of rotatable bonds is 8. The van der Waals surface area contributed by atoms with Gasteiger partial charge in [-0.15, -0.1) is 10.2 Å². The van der Waals surface area contributed by atoms with Crippen LogP contribution in [0.2, 0.25) is 0 Å². The van der Waals surface area contributed by atoms with E-state index in [1.54, 1.807) is 19.1 Å². The average molecular weight is 435 g/mol. The van der Waals surface area contributed by atoms with Crippen LogP contribution in [0.25, 0.3) is 0 Å². The van der Waals surface area contributed by atoms with Gasteiger partial charge in [0.15, 0.2) is 5.16 Å². The van der Waals surface area contributed by atoms with Crippen LogP contribution in [-0.2, 0) is 16.1 Å². The first-order chi connectivity index (χ1) is 14.3. The monoisotopic (exact) mass is 434 g/mol. The van der Waals surface area contributed by atoms with Crippen LogP contribution in [-0.4, -0.2) is 57.1 Å². The fourth-order valence-corrected chi connectivity index (χ4v) is 3.90. The van der Waals surface area contributed by atoms with Crippen molar-refractivity contribution in [3.05, 3.63) is 34.4 Å². The van der Waals surface area contributed by atoms with Crippen molar-refractivity contribution in [2.75, 3.05) is 36.5 Å². The van der Waals surface area contributed by atoms with E-state index in [1.165, 1.54) is 23.9 Å². The molecule has 162 valence electrons. The molecule has 11 heteroatoms. The third kappa shape index (κ3) is 5.48. The van der Waals surface area contributed by atoms with Gasteiger partial charge in [0.25, 0.3) is 5.69 Å². The summed E-state index contributed by atoms with van der Waals surface area (Å²) >= 11 is 1.32. The fraction of sp³-hybridized carbons (Fsp3) is 0.526. The van der Waals surface area contributed by atoms with Gasteiger partial charge >= 0.3 is 0 Å². The number of aromatic nitrogens is 3. The van der Waals surface area contributed by atoms with Crippen molar-refractivity contribution >= 4 is 35.0 Å². The normalized spacial score (nSPS) is 15.3. The number of non-ortho nitro benzene ring substituents is 1. The Labute approximate surface area is 179 Å². The van der Waals surface area contributed by atoms with Crippen LogP contribution in [0.3, 0.4) is 0 Å². The Hall–Kier alpha value is -2.66. The number of nitrogens with zero attached hydrogens (tertiary/aromatic N) is 5. The smallest absolute Gasteiger partial charge is 0.271 e. The number of hydrogen-bond donors (Lipinski definition) is 1. The number of anilines is 2. The van der Waals surface area contributed by atoms with Crippen LogP contribution < -0.4 is 10.2 Å². The molecule has 2 aromatic rings. The summed E-state index contributed by atoms with van der Waals surface area (Å²) < 4.78 is 7.48. The summed E-state index contributed by atoms with van der Waals surface area (Å²) in [6.45, 7) is 9.57. The predicted molar refractivity (Wildman–Crippen MR) is 115 cm³/mol. The van der Waals surface area contributed by atoms with Gasteiger partial charge in [0, 0.05) is 37.5 Å². The maximum atomic E-state index is 12.7. The zero-order chi connectivity index (χ0) is 21.7. The van der Waals surface area contributed by atoms with Crippen molar-refractivity contribution in [1.29, 1.82) is 0 Å². The first-order valence-electron chi connectivity index (χ1n) is 9.83. The number of amides is 1. The molecule has 2 heterocycles. The van der Waals surface area contributed by atoms with Crippen molar-refractivity contribution in [1.82, 2.24) is 14.8 Å². The summed E-state index contributed by atoms with van der Waals surface area (Å²) in [6.07, 6.45) is 0. The number of morpholine rings is 1.